The van der Waals surface area contributed by atoms with E-state index in [4.69, 9.17) is 27.9 Å². The molecule has 120 valence electrons. The number of amides is 1. The third-order valence-corrected chi connectivity index (χ3v) is 3.56. The predicted molar refractivity (Wildman–Crippen MR) is 88.4 cm³/mol. The number of nitrogens with zero attached hydrogens (tertiary/aromatic N) is 1. The number of nitro benzene ring substituents is 1. The zero-order chi connectivity index (χ0) is 17.0. The Balaban J connectivity index is 2.03. The first-order chi connectivity index (χ1) is 10.9. The highest BCUT2D eigenvalue weighted by Gasteiger charge is 2.15. The third kappa shape index (κ3) is 4.34. The molecule has 1 N–H and O–H groups in total. The van der Waals surface area contributed by atoms with E-state index < -0.39 is 10.8 Å². The highest BCUT2D eigenvalue weighted by atomic mass is 35.5. The first kappa shape index (κ1) is 17.1. The van der Waals surface area contributed by atoms with Gasteiger partial charge in [-0.15, -0.1) is 0 Å². The Kier molecular flexibility index (Phi) is 5.41. The molecule has 0 heterocycles. The Hall–Kier alpha value is -2.31. The molecule has 23 heavy (non-hydrogen) atoms. The van der Waals surface area contributed by atoms with E-state index in [-0.39, 0.29) is 17.3 Å². The molecule has 0 fully saturated rings. The second-order valence-corrected chi connectivity index (χ2v) is 5.46. The Morgan fingerprint density at radius 2 is 2.04 bits per heavy atom. The number of benzene rings is 2. The number of hydrogen-bond acceptors (Lipinski definition) is 4. The first-order valence-corrected chi connectivity index (χ1v) is 7.26. The van der Waals surface area contributed by atoms with E-state index in [2.05, 4.69) is 5.32 Å². The van der Waals surface area contributed by atoms with Crippen LogP contribution < -0.4 is 10.1 Å². The van der Waals surface area contributed by atoms with Gasteiger partial charge in [-0.2, -0.15) is 0 Å². The maximum absolute atomic E-state index is 11.9. The van der Waals surface area contributed by atoms with Crippen LogP contribution in [0, 0.1) is 17.0 Å². The number of rotatable bonds is 5. The molecule has 0 aliphatic carbocycles. The Morgan fingerprint density at radius 1 is 1.30 bits per heavy atom. The van der Waals surface area contributed by atoms with Crippen LogP contribution in [0.15, 0.2) is 36.4 Å². The standard InChI is InChI=1S/C15H12Cl2N2O4/c1-9-12(3-2-4-13(9)19(21)22)18-15(20)8-23-14-6-5-10(16)7-11(14)17/h2-7H,8H2,1H3,(H,18,20). The third-order valence-electron chi connectivity index (χ3n) is 3.03. The van der Waals surface area contributed by atoms with Crippen LogP contribution >= 0.6 is 23.2 Å². The van der Waals surface area contributed by atoms with Crippen molar-refractivity contribution in [1.82, 2.24) is 0 Å². The maximum Gasteiger partial charge on any atom is 0.274 e. The number of carbonyl (C=O) groups excluding carboxylic acids is 1. The van der Waals surface area contributed by atoms with Crippen LogP contribution in [-0.4, -0.2) is 17.4 Å². The van der Waals surface area contributed by atoms with Crippen LogP contribution in [0.3, 0.4) is 0 Å². The van der Waals surface area contributed by atoms with Crippen molar-refractivity contribution in [1.29, 1.82) is 0 Å². The van der Waals surface area contributed by atoms with Gasteiger partial charge in [0.05, 0.1) is 21.2 Å². The lowest BCUT2D eigenvalue weighted by atomic mass is 10.1. The van der Waals surface area contributed by atoms with Crippen molar-refractivity contribution in [3.05, 3.63) is 62.1 Å². The summed E-state index contributed by atoms with van der Waals surface area (Å²) in [6.45, 7) is 1.27. The van der Waals surface area contributed by atoms with Gasteiger partial charge in [0.15, 0.2) is 6.61 Å². The fraction of sp³-hybridized carbons (Fsp3) is 0.133. The zero-order valence-electron chi connectivity index (χ0n) is 12.0. The molecule has 0 unspecified atom stereocenters. The molecule has 6 nitrogen and oxygen atoms in total. The van der Waals surface area contributed by atoms with Gasteiger partial charge in [-0.1, -0.05) is 29.3 Å². The van der Waals surface area contributed by atoms with E-state index in [0.717, 1.165) is 0 Å². The van der Waals surface area contributed by atoms with Crippen LogP contribution in [-0.2, 0) is 4.79 Å². The van der Waals surface area contributed by atoms with Crippen molar-refractivity contribution >= 4 is 40.5 Å². The summed E-state index contributed by atoms with van der Waals surface area (Å²) in [5.74, 6) is -0.137. The van der Waals surface area contributed by atoms with E-state index in [0.29, 0.717) is 22.0 Å². The molecule has 0 saturated heterocycles. The van der Waals surface area contributed by atoms with Gasteiger partial charge < -0.3 is 10.1 Å². The predicted octanol–water partition coefficient (Wildman–Crippen LogP) is 4.23. The van der Waals surface area contributed by atoms with Crippen molar-refractivity contribution in [3.8, 4) is 5.75 Å². The lowest BCUT2D eigenvalue weighted by Gasteiger charge is -2.10. The van der Waals surface area contributed by atoms with Gasteiger partial charge in [0.25, 0.3) is 11.6 Å². The first-order valence-electron chi connectivity index (χ1n) is 6.50. The number of nitro groups is 1. The quantitative estimate of drug-likeness (QED) is 0.643. The molecule has 0 spiro atoms. The van der Waals surface area contributed by atoms with E-state index in [1.54, 1.807) is 25.1 Å². The summed E-state index contributed by atoms with van der Waals surface area (Å²) in [6.07, 6.45) is 0. The minimum atomic E-state index is -0.505. The molecule has 0 aliphatic heterocycles. The number of nitrogens with one attached hydrogen (secondary N) is 1. The largest absolute Gasteiger partial charge is 0.482 e. The summed E-state index contributed by atoms with van der Waals surface area (Å²) < 4.78 is 5.31. The number of carbonyl (C=O) groups is 1. The maximum atomic E-state index is 11.9. The van der Waals surface area contributed by atoms with Crippen molar-refractivity contribution in [2.24, 2.45) is 0 Å². The summed E-state index contributed by atoms with van der Waals surface area (Å²) in [7, 11) is 0. The molecule has 2 rings (SSSR count). The Labute approximate surface area is 142 Å². The van der Waals surface area contributed by atoms with Crippen molar-refractivity contribution < 1.29 is 14.5 Å². The summed E-state index contributed by atoms with van der Waals surface area (Å²) in [6, 6.07) is 9.09. The number of hydrogen-bond donors (Lipinski definition) is 1. The summed E-state index contributed by atoms with van der Waals surface area (Å²) in [5.41, 5.74) is 0.662. The summed E-state index contributed by atoms with van der Waals surface area (Å²) in [5, 5.41) is 14.2. The molecular formula is C15H12Cl2N2O4. The van der Waals surface area contributed by atoms with E-state index in [1.807, 2.05) is 0 Å². The topological polar surface area (TPSA) is 81.5 Å². The molecule has 0 radical (unpaired) electrons. The molecule has 8 heteroatoms. The SMILES string of the molecule is Cc1c(NC(=O)COc2ccc(Cl)cc2Cl)cccc1[N+](=O)[O-]. The number of ether oxygens (including phenoxy) is 1. The van der Waals surface area contributed by atoms with Gasteiger partial charge in [-0.3, -0.25) is 14.9 Å². The Morgan fingerprint density at radius 3 is 2.70 bits per heavy atom. The fourth-order valence-electron chi connectivity index (χ4n) is 1.88. The van der Waals surface area contributed by atoms with Crippen LogP contribution in [0.1, 0.15) is 5.56 Å². The van der Waals surface area contributed by atoms with Crippen LogP contribution in [0.5, 0.6) is 5.75 Å². The van der Waals surface area contributed by atoms with Gasteiger partial charge >= 0.3 is 0 Å². The minimum absolute atomic E-state index is 0.0653. The van der Waals surface area contributed by atoms with Crippen molar-refractivity contribution in [3.63, 3.8) is 0 Å². The van der Waals surface area contributed by atoms with Gasteiger partial charge in [0.1, 0.15) is 5.75 Å². The Bertz CT molecular complexity index is 765. The molecule has 0 saturated carbocycles. The van der Waals surface area contributed by atoms with E-state index >= 15 is 0 Å². The molecule has 0 atom stereocenters. The smallest absolute Gasteiger partial charge is 0.274 e. The second kappa shape index (κ2) is 7.30. The molecular weight excluding hydrogens is 343 g/mol. The highest BCUT2D eigenvalue weighted by Crippen LogP contribution is 2.28. The minimum Gasteiger partial charge on any atom is -0.482 e. The summed E-state index contributed by atoms with van der Waals surface area (Å²) in [4.78, 5) is 22.3. The second-order valence-electron chi connectivity index (χ2n) is 4.62. The van der Waals surface area contributed by atoms with Gasteiger partial charge in [0, 0.05) is 11.1 Å². The van der Waals surface area contributed by atoms with Crippen LogP contribution in [0.25, 0.3) is 0 Å². The zero-order valence-corrected chi connectivity index (χ0v) is 13.5. The molecule has 2 aromatic carbocycles. The molecule has 0 aliphatic rings. The normalized spacial score (nSPS) is 10.2. The molecule has 2 aromatic rings. The van der Waals surface area contributed by atoms with E-state index in [1.165, 1.54) is 18.2 Å². The van der Waals surface area contributed by atoms with Crippen molar-refractivity contribution in [2.75, 3.05) is 11.9 Å². The van der Waals surface area contributed by atoms with Gasteiger partial charge in [0.2, 0.25) is 0 Å². The highest BCUT2D eigenvalue weighted by molar-refractivity contribution is 6.35. The van der Waals surface area contributed by atoms with Crippen molar-refractivity contribution in [2.45, 2.75) is 6.92 Å². The number of halogens is 2. The summed E-state index contributed by atoms with van der Waals surface area (Å²) >= 11 is 11.7. The van der Waals surface area contributed by atoms with Crippen LogP contribution in [0.4, 0.5) is 11.4 Å². The molecule has 0 bridgehead atoms. The lowest BCUT2D eigenvalue weighted by Crippen LogP contribution is -2.20. The number of anilines is 1. The average molecular weight is 355 g/mol. The molecule has 0 aromatic heterocycles. The average Bonchev–Trinajstić information content (AvgIpc) is 2.48. The van der Waals surface area contributed by atoms with Gasteiger partial charge in [-0.25, -0.2) is 0 Å². The lowest BCUT2D eigenvalue weighted by molar-refractivity contribution is -0.385. The monoisotopic (exact) mass is 354 g/mol. The van der Waals surface area contributed by atoms with E-state index in [9.17, 15) is 14.9 Å². The molecule has 1 amide bonds. The van der Waals surface area contributed by atoms with Crippen LogP contribution in [0.2, 0.25) is 10.0 Å². The van der Waals surface area contributed by atoms with Gasteiger partial charge in [-0.05, 0) is 31.2 Å². The fourth-order valence-corrected chi connectivity index (χ4v) is 2.34.